The van der Waals surface area contributed by atoms with Crippen molar-refractivity contribution in [2.75, 3.05) is 46.5 Å². The third-order valence-electron chi connectivity index (χ3n) is 4.57. The molecule has 3 rings (SSSR count). The highest BCUT2D eigenvalue weighted by atomic mass is 16.5. The second-order valence-corrected chi connectivity index (χ2v) is 6.58. The lowest BCUT2D eigenvalue weighted by Crippen LogP contribution is -2.45. The van der Waals surface area contributed by atoms with E-state index in [1.54, 1.807) is 7.11 Å². The summed E-state index contributed by atoms with van der Waals surface area (Å²) in [5.41, 5.74) is 1.15. The summed E-state index contributed by atoms with van der Waals surface area (Å²) in [6.07, 6.45) is 0.773. The number of amides is 2. The Labute approximate surface area is 147 Å². The molecule has 1 aromatic carbocycles. The van der Waals surface area contributed by atoms with Crippen LogP contribution in [0.25, 0.3) is 0 Å². The minimum absolute atomic E-state index is 0.0122. The van der Waals surface area contributed by atoms with Gasteiger partial charge in [-0.15, -0.1) is 0 Å². The van der Waals surface area contributed by atoms with Crippen LogP contribution in [0.15, 0.2) is 24.3 Å². The topological polar surface area (TPSA) is 79.9 Å². The molecule has 2 saturated heterocycles. The first kappa shape index (κ1) is 17.7. The molecule has 136 valence electrons. The van der Waals surface area contributed by atoms with Gasteiger partial charge in [-0.05, 0) is 24.1 Å². The molecule has 2 aliphatic heterocycles. The molecule has 0 saturated carbocycles. The van der Waals surface area contributed by atoms with E-state index in [9.17, 15) is 9.59 Å². The number of ether oxygens (including phenoxy) is 2. The minimum atomic E-state index is -0.195. The molecule has 2 bridgehead atoms. The summed E-state index contributed by atoms with van der Waals surface area (Å²) < 4.78 is 10.6. The van der Waals surface area contributed by atoms with Gasteiger partial charge in [0.1, 0.15) is 5.75 Å². The zero-order chi connectivity index (χ0) is 17.6. The maximum absolute atomic E-state index is 12.2. The fourth-order valence-corrected chi connectivity index (χ4v) is 3.25. The van der Waals surface area contributed by atoms with Gasteiger partial charge in [0.25, 0.3) is 0 Å². The van der Waals surface area contributed by atoms with Crippen molar-refractivity contribution in [2.45, 2.75) is 12.5 Å². The highest BCUT2D eigenvalue weighted by Gasteiger charge is 2.33. The summed E-state index contributed by atoms with van der Waals surface area (Å²) in [6, 6.07) is 7.79. The number of carbonyl (C=O) groups excluding carboxylic acids is 2. The molecule has 25 heavy (non-hydrogen) atoms. The highest BCUT2D eigenvalue weighted by Crippen LogP contribution is 2.13. The molecule has 2 N–H and O–H groups in total. The Morgan fingerprint density at radius 1 is 1.32 bits per heavy atom. The molecule has 0 aliphatic carbocycles. The first-order valence-electron chi connectivity index (χ1n) is 8.64. The second kappa shape index (κ2) is 8.31. The SMILES string of the molecule is COc1ccc(CCNC(=O)CN2C[C@H]3COC[C@@H](C2)C(=O)N3)cc1. The summed E-state index contributed by atoms with van der Waals surface area (Å²) in [5, 5.41) is 5.93. The fourth-order valence-electron chi connectivity index (χ4n) is 3.25. The number of fused-ring (bicyclic) bond motifs is 3. The Hall–Kier alpha value is -2.12. The summed E-state index contributed by atoms with van der Waals surface area (Å²) in [6.45, 7) is 3.05. The maximum Gasteiger partial charge on any atom is 0.234 e. The molecule has 0 unspecified atom stereocenters. The van der Waals surface area contributed by atoms with Crippen LogP contribution >= 0.6 is 0 Å². The smallest absolute Gasteiger partial charge is 0.234 e. The van der Waals surface area contributed by atoms with Crippen molar-refractivity contribution in [1.82, 2.24) is 15.5 Å². The molecule has 2 fully saturated rings. The number of hydrogen-bond donors (Lipinski definition) is 2. The van der Waals surface area contributed by atoms with Gasteiger partial charge in [0, 0.05) is 19.6 Å². The molecule has 2 heterocycles. The lowest BCUT2D eigenvalue weighted by atomic mass is 10.1. The quantitative estimate of drug-likeness (QED) is 0.745. The van der Waals surface area contributed by atoms with Crippen molar-refractivity contribution in [1.29, 1.82) is 0 Å². The predicted molar refractivity (Wildman–Crippen MR) is 92.4 cm³/mol. The van der Waals surface area contributed by atoms with Crippen molar-refractivity contribution in [2.24, 2.45) is 5.92 Å². The number of methoxy groups -OCH3 is 1. The van der Waals surface area contributed by atoms with Gasteiger partial charge in [-0.25, -0.2) is 0 Å². The average molecular weight is 347 g/mol. The zero-order valence-electron chi connectivity index (χ0n) is 14.5. The van der Waals surface area contributed by atoms with Crippen LogP contribution in [0.2, 0.25) is 0 Å². The van der Waals surface area contributed by atoms with Crippen LogP contribution in [0, 0.1) is 5.92 Å². The standard InChI is InChI=1S/C18H25N3O4/c1-24-16-4-2-13(3-5-16)6-7-19-17(22)10-21-8-14-11-25-12-15(9-21)20-18(14)23/h2-5,14-15H,6-12H2,1H3,(H,19,22)(H,20,23)/t14-,15+/m1/s1. The maximum atomic E-state index is 12.2. The van der Waals surface area contributed by atoms with E-state index in [0.29, 0.717) is 39.4 Å². The molecule has 2 atom stereocenters. The molecule has 0 radical (unpaired) electrons. The van der Waals surface area contributed by atoms with E-state index < -0.39 is 0 Å². The van der Waals surface area contributed by atoms with E-state index in [-0.39, 0.29) is 23.8 Å². The van der Waals surface area contributed by atoms with Gasteiger partial charge >= 0.3 is 0 Å². The highest BCUT2D eigenvalue weighted by molar-refractivity contribution is 5.81. The summed E-state index contributed by atoms with van der Waals surface area (Å²) in [7, 11) is 1.64. The number of rotatable bonds is 6. The molecule has 1 aromatic rings. The van der Waals surface area contributed by atoms with E-state index in [1.807, 2.05) is 29.2 Å². The van der Waals surface area contributed by atoms with Crippen molar-refractivity contribution in [3.8, 4) is 5.75 Å². The third-order valence-corrected chi connectivity index (χ3v) is 4.57. The van der Waals surface area contributed by atoms with E-state index in [2.05, 4.69) is 10.6 Å². The van der Waals surface area contributed by atoms with Crippen molar-refractivity contribution < 1.29 is 19.1 Å². The van der Waals surface area contributed by atoms with E-state index in [4.69, 9.17) is 9.47 Å². The van der Waals surface area contributed by atoms with Crippen LogP contribution in [0.3, 0.4) is 0 Å². The molecule has 0 aromatic heterocycles. The number of nitrogens with zero attached hydrogens (tertiary/aromatic N) is 1. The van der Waals surface area contributed by atoms with Gasteiger partial charge in [-0.1, -0.05) is 12.1 Å². The van der Waals surface area contributed by atoms with Gasteiger partial charge in [0.05, 0.1) is 38.8 Å². The van der Waals surface area contributed by atoms with Gasteiger partial charge in [-0.3, -0.25) is 14.5 Å². The van der Waals surface area contributed by atoms with Crippen LogP contribution < -0.4 is 15.4 Å². The number of carbonyl (C=O) groups is 2. The van der Waals surface area contributed by atoms with Gasteiger partial charge < -0.3 is 20.1 Å². The lowest BCUT2D eigenvalue weighted by molar-refractivity contribution is -0.126. The second-order valence-electron chi connectivity index (χ2n) is 6.58. The lowest BCUT2D eigenvalue weighted by Gasteiger charge is -2.26. The molecule has 7 nitrogen and oxygen atoms in total. The molecule has 2 amide bonds. The van der Waals surface area contributed by atoms with Gasteiger partial charge in [-0.2, -0.15) is 0 Å². The summed E-state index contributed by atoms with van der Waals surface area (Å²) >= 11 is 0. The van der Waals surface area contributed by atoms with E-state index in [0.717, 1.165) is 17.7 Å². The third kappa shape index (κ3) is 4.93. The molecule has 7 heteroatoms. The van der Waals surface area contributed by atoms with E-state index >= 15 is 0 Å². The number of benzene rings is 1. The summed E-state index contributed by atoms with van der Waals surface area (Å²) in [4.78, 5) is 26.2. The first-order chi connectivity index (χ1) is 12.1. The van der Waals surface area contributed by atoms with Crippen molar-refractivity contribution >= 4 is 11.8 Å². The fraction of sp³-hybridized carbons (Fsp3) is 0.556. The van der Waals surface area contributed by atoms with Gasteiger partial charge in [0.15, 0.2) is 0 Å². The Kier molecular flexibility index (Phi) is 5.88. The summed E-state index contributed by atoms with van der Waals surface area (Å²) in [5.74, 6) is 0.651. The van der Waals surface area contributed by atoms with Crippen molar-refractivity contribution in [3.05, 3.63) is 29.8 Å². The predicted octanol–water partition coefficient (Wildman–Crippen LogP) is -0.199. The largest absolute Gasteiger partial charge is 0.497 e. The molecular formula is C18H25N3O4. The van der Waals surface area contributed by atoms with Crippen LogP contribution in [0.4, 0.5) is 0 Å². The van der Waals surface area contributed by atoms with Gasteiger partial charge in [0.2, 0.25) is 11.8 Å². The Balaban J connectivity index is 1.43. The monoisotopic (exact) mass is 347 g/mol. The zero-order valence-corrected chi connectivity index (χ0v) is 14.5. The molecule has 0 spiro atoms. The van der Waals surface area contributed by atoms with Crippen molar-refractivity contribution in [3.63, 3.8) is 0 Å². The minimum Gasteiger partial charge on any atom is -0.497 e. The molecular weight excluding hydrogens is 322 g/mol. The Bertz CT molecular complexity index is 605. The normalized spacial score (nSPS) is 23.5. The van der Waals surface area contributed by atoms with Crippen LogP contribution in [0.5, 0.6) is 5.75 Å². The Morgan fingerprint density at radius 2 is 2.12 bits per heavy atom. The average Bonchev–Trinajstić information content (AvgIpc) is 2.84. The first-order valence-corrected chi connectivity index (χ1v) is 8.64. The number of nitrogens with one attached hydrogen (secondary N) is 2. The molecule has 2 aliphatic rings. The van der Waals surface area contributed by atoms with E-state index in [1.165, 1.54) is 0 Å². The van der Waals surface area contributed by atoms with Crippen LogP contribution in [-0.4, -0.2) is 69.3 Å². The number of hydrogen-bond acceptors (Lipinski definition) is 5. The van der Waals surface area contributed by atoms with Crippen LogP contribution in [0.1, 0.15) is 5.56 Å². The van der Waals surface area contributed by atoms with Crippen LogP contribution in [-0.2, 0) is 20.7 Å². The Morgan fingerprint density at radius 3 is 2.88 bits per heavy atom.